The summed E-state index contributed by atoms with van der Waals surface area (Å²) in [6, 6.07) is 4.85. The lowest BCUT2D eigenvalue weighted by Gasteiger charge is -2.22. The van der Waals surface area contributed by atoms with Crippen molar-refractivity contribution in [1.82, 2.24) is 10.0 Å². The van der Waals surface area contributed by atoms with Crippen molar-refractivity contribution >= 4 is 34.0 Å². The van der Waals surface area contributed by atoms with Crippen molar-refractivity contribution in [3.8, 4) is 0 Å². The van der Waals surface area contributed by atoms with Gasteiger partial charge in [-0.15, -0.1) is 12.4 Å². The summed E-state index contributed by atoms with van der Waals surface area (Å²) < 4.78 is 27.5. The minimum Gasteiger partial charge on any atom is -0.326 e. The van der Waals surface area contributed by atoms with Gasteiger partial charge in [0.1, 0.15) is 0 Å². The Labute approximate surface area is 144 Å². The van der Waals surface area contributed by atoms with Gasteiger partial charge >= 0.3 is 0 Å². The number of anilines is 1. The van der Waals surface area contributed by atoms with Crippen LogP contribution < -0.4 is 15.4 Å². The predicted octanol–water partition coefficient (Wildman–Crippen LogP) is 2.04. The molecule has 132 valence electrons. The lowest BCUT2D eigenvalue weighted by atomic mass is 10.1. The van der Waals surface area contributed by atoms with Crippen LogP contribution in [0, 0.1) is 6.92 Å². The number of sulfonamides is 1. The second-order valence-corrected chi connectivity index (χ2v) is 7.84. The third-order valence-corrected chi connectivity index (χ3v) is 4.79. The van der Waals surface area contributed by atoms with Crippen molar-refractivity contribution < 1.29 is 13.2 Å². The van der Waals surface area contributed by atoms with Crippen LogP contribution in [0.1, 0.15) is 32.8 Å². The zero-order valence-corrected chi connectivity index (χ0v) is 15.8. The number of nitrogens with one attached hydrogen (secondary N) is 3. The first-order valence-corrected chi connectivity index (χ1v) is 8.63. The molecule has 3 N–H and O–H groups in total. The number of hydrogen-bond donors (Lipinski definition) is 3. The highest BCUT2D eigenvalue weighted by molar-refractivity contribution is 7.89. The lowest BCUT2D eigenvalue weighted by Crippen LogP contribution is -2.40. The van der Waals surface area contributed by atoms with E-state index in [1.54, 1.807) is 46.9 Å². The molecule has 1 amide bonds. The number of rotatable bonds is 6. The molecule has 0 unspecified atom stereocenters. The molecule has 0 aliphatic rings. The molecule has 0 aliphatic carbocycles. The molecule has 0 saturated heterocycles. The lowest BCUT2D eigenvalue weighted by molar-refractivity contribution is -0.116. The van der Waals surface area contributed by atoms with E-state index >= 15 is 0 Å². The Morgan fingerprint density at radius 2 is 1.83 bits per heavy atom. The molecule has 0 fully saturated rings. The Kier molecular flexibility index (Phi) is 8.20. The van der Waals surface area contributed by atoms with Crippen LogP contribution in [0.5, 0.6) is 0 Å². The summed E-state index contributed by atoms with van der Waals surface area (Å²) >= 11 is 0. The molecule has 23 heavy (non-hydrogen) atoms. The predicted molar refractivity (Wildman–Crippen MR) is 95.7 cm³/mol. The summed E-state index contributed by atoms with van der Waals surface area (Å²) in [5.41, 5.74) is 0.465. The molecule has 0 saturated carbocycles. The molecule has 0 bridgehead atoms. The van der Waals surface area contributed by atoms with Crippen LogP contribution in [0.4, 0.5) is 5.69 Å². The van der Waals surface area contributed by atoms with E-state index in [0.717, 1.165) is 0 Å². The Hall–Kier alpha value is -1.15. The highest BCUT2D eigenvalue weighted by atomic mass is 35.5. The fourth-order valence-corrected chi connectivity index (χ4v) is 3.64. The third-order valence-electron chi connectivity index (χ3n) is 2.89. The molecular formula is C15H26ClN3O3S. The zero-order chi connectivity index (χ0) is 17.0. The van der Waals surface area contributed by atoms with Gasteiger partial charge in [0.2, 0.25) is 15.9 Å². The minimum absolute atomic E-state index is 0. The average molecular weight is 364 g/mol. The second-order valence-electron chi connectivity index (χ2n) is 6.19. The molecule has 1 rings (SSSR count). The monoisotopic (exact) mass is 363 g/mol. The molecule has 0 atom stereocenters. The highest BCUT2D eigenvalue weighted by Gasteiger charge is 2.24. The van der Waals surface area contributed by atoms with E-state index in [0.29, 0.717) is 24.2 Å². The molecule has 0 spiro atoms. The number of halogens is 1. The first kappa shape index (κ1) is 21.9. The average Bonchev–Trinajstić information content (AvgIpc) is 2.35. The molecule has 1 aromatic rings. The maximum Gasteiger partial charge on any atom is 0.241 e. The first-order chi connectivity index (χ1) is 10.1. The van der Waals surface area contributed by atoms with Crippen molar-refractivity contribution in [3.05, 3.63) is 23.8 Å². The Morgan fingerprint density at radius 1 is 1.22 bits per heavy atom. The Balaban J connectivity index is 0.00000484. The van der Waals surface area contributed by atoms with Crippen LogP contribution in [-0.4, -0.2) is 33.5 Å². The summed E-state index contributed by atoms with van der Waals surface area (Å²) in [4.78, 5) is 12.0. The summed E-state index contributed by atoms with van der Waals surface area (Å²) in [6.07, 6.45) is 0.327. The topological polar surface area (TPSA) is 87.3 Å². The number of amides is 1. The van der Waals surface area contributed by atoms with Crippen LogP contribution in [0.15, 0.2) is 23.1 Å². The van der Waals surface area contributed by atoms with Gasteiger partial charge in [0, 0.05) is 24.2 Å². The van der Waals surface area contributed by atoms with Gasteiger partial charge in [-0.05, 0) is 52.4 Å². The van der Waals surface area contributed by atoms with Gasteiger partial charge in [0.25, 0.3) is 0 Å². The molecule has 8 heteroatoms. The standard InChI is InChI=1S/C15H25N3O3S.ClH/c1-11-12(17-14(19)9-10-16-5)7-6-8-13(11)22(20,21)18-15(2,3)4;/h6-8,16,18H,9-10H2,1-5H3,(H,17,19);1H. The molecule has 0 aliphatic heterocycles. The largest absolute Gasteiger partial charge is 0.326 e. The van der Waals surface area contributed by atoms with Crippen molar-refractivity contribution in [2.75, 3.05) is 18.9 Å². The van der Waals surface area contributed by atoms with Crippen LogP contribution in [0.3, 0.4) is 0 Å². The maximum absolute atomic E-state index is 12.4. The second kappa shape index (κ2) is 8.63. The molecular weight excluding hydrogens is 338 g/mol. The molecule has 0 aromatic heterocycles. The van der Waals surface area contributed by atoms with E-state index in [2.05, 4.69) is 15.4 Å². The van der Waals surface area contributed by atoms with E-state index < -0.39 is 15.6 Å². The van der Waals surface area contributed by atoms with Gasteiger partial charge in [-0.3, -0.25) is 4.79 Å². The van der Waals surface area contributed by atoms with Gasteiger partial charge < -0.3 is 10.6 Å². The summed E-state index contributed by atoms with van der Waals surface area (Å²) in [7, 11) is -1.87. The van der Waals surface area contributed by atoms with Gasteiger partial charge in [-0.25, -0.2) is 13.1 Å². The summed E-state index contributed by atoms with van der Waals surface area (Å²) in [5.74, 6) is -0.157. The zero-order valence-electron chi connectivity index (χ0n) is 14.2. The minimum atomic E-state index is -3.64. The van der Waals surface area contributed by atoms with Crippen LogP contribution in [0.25, 0.3) is 0 Å². The van der Waals surface area contributed by atoms with Gasteiger partial charge in [-0.2, -0.15) is 0 Å². The fraction of sp³-hybridized carbons (Fsp3) is 0.533. The van der Waals surface area contributed by atoms with Gasteiger partial charge in [0.15, 0.2) is 0 Å². The van der Waals surface area contributed by atoms with E-state index in [1.807, 2.05) is 0 Å². The van der Waals surface area contributed by atoms with E-state index in [9.17, 15) is 13.2 Å². The number of benzene rings is 1. The van der Waals surface area contributed by atoms with E-state index in [4.69, 9.17) is 0 Å². The number of hydrogen-bond acceptors (Lipinski definition) is 4. The summed E-state index contributed by atoms with van der Waals surface area (Å²) in [6.45, 7) is 7.59. The van der Waals surface area contributed by atoms with Gasteiger partial charge in [0.05, 0.1) is 4.90 Å². The molecule has 1 aromatic carbocycles. The first-order valence-electron chi connectivity index (χ1n) is 7.15. The summed E-state index contributed by atoms with van der Waals surface area (Å²) in [5, 5.41) is 5.64. The van der Waals surface area contributed by atoms with Crippen molar-refractivity contribution in [2.24, 2.45) is 0 Å². The Morgan fingerprint density at radius 3 is 2.35 bits per heavy atom. The maximum atomic E-state index is 12.4. The fourth-order valence-electron chi connectivity index (χ4n) is 1.95. The van der Waals surface area contributed by atoms with Crippen molar-refractivity contribution in [3.63, 3.8) is 0 Å². The highest BCUT2D eigenvalue weighted by Crippen LogP contribution is 2.24. The number of carbonyl (C=O) groups is 1. The SMILES string of the molecule is CNCCC(=O)Nc1cccc(S(=O)(=O)NC(C)(C)C)c1C.Cl. The molecule has 6 nitrogen and oxygen atoms in total. The molecule has 0 radical (unpaired) electrons. The number of carbonyl (C=O) groups excluding carboxylic acids is 1. The van der Waals surface area contributed by atoms with Gasteiger partial charge in [-0.1, -0.05) is 6.07 Å². The normalized spacial score (nSPS) is 11.7. The Bertz CT molecular complexity index is 640. The smallest absolute Gasteiger partial charge is 0.241 e. The third kappa shape index (κ3) is 6.87. The quantitative estimate of drug-likeness (QED) is 0.721. The van der Waals surface area contributed by atoms with Crippen molar-refractivity contribution in [1.29, 1.82) is 0 Å². The van der Waals surface area contributed by atoms with Crippen LogP contribution in [0.2, 0.25) is 0 Å². The van der Waals surface area contributed by atoms with E-state index in [1.165, 1.54) is 6.07 Å². The van der Waals surface area contributed by atoms with Crippen LogP contribution in [-0.2, 0) is 14.8 Å². The van der Waals surface area contributed by atoms with Crippen LogP contribution >= 0.6 is 12.4 Å². The molecule has 0 heterocycles. The van der Waals surface area contributed by atoms with Crippen molar-refractivity contribution in [2.45, 2.75) is 44.6 Å². The van der Waals surface area contributed by atoms with E-state index in [-0.39, 0.29) is 23.2 Å².